The fourth-order valence-electron chi connectivity index (χ4n) is 0.937. The van der Waals surface area contributed by atoms with Crippen LogP contribution in [0.5, 0.6) is 0 Å². The molecular formula is C6H5N3O. The van der Waals surface area contributed by atoms with Gasteiger partial charge in [0.25, 0.3) is 0 Å². The van der Waals surface area contributed by atoms with Crippen LogP contribution in [-0.4, -0.2) is 24.0 Å². The van der Waals surface area contributed by atoms with Gasteiger partial charge in [0.1, 0.15) is 0 Å². The lowest BCUT2D eigenvalue weighted by Gasteiger charge is -2.05. The van der Waals surface area contributed by atoms with Crippen LogP contribution < -0.4 is 5.32 Å². The van der Waals surface area contributed by atoms with Gasteiger partial charge in [-0.1, -0.05) is 0 Å². The lowest BCUT2D eigenvalue weighted by Crippen LogP contribution is -2.31. The van der Waals surface area contributed by atoms with Crippen molar-refractivity contribution in [2.45, 2.75) is 6.04 Å². The van der Waals surface area contributed by atoms with Gasteiger partial charge in [0.2, 0.25) is 0 Å². The van der Waals surface area contributed by atoms with Crippen molar-refractivity contribution in [3.63, 3.8) is 0 Å². The monoisotopic (exact) mass is 135 g/mol. The second-order valence-electron chi connectivity index (χ2n) is 2.08. The molecule has 4 nitrogen and oxygen atoms in total. The van der Waals surface area contributed by atoms with Gasteiger partial charge in [-0.25, -0.2) is 4.79 Å². The van der Waals surface area contributed by atoms with Gasteiger partial charge in [-0.3, -0.25) is 4.99 Å². The number of nitrogens with one attached hydrogen (secondary N) is 1. The lowest BCUT2D eigenvalue weighted by atomic mass is 10.2. The molecule has 1 N–H and O–H groups in total. The van der Waals surface area contributed by atoms with Crippen molar-refractivity contribution in [3.8, 4) is 0 Å². The number of carbonyl (C=O) groups is 1. The predicted octanol–water partition coefficient (Wildman–Crippen LogP) is 0.117. The maximum atomic E-state index is 10.6. The molecule has 0 aromatic heterocycles. The maximum Gasteiger partial charge on any atom is 0.342 e. The Morgan fingerprint density at radius 1 is 1.60 bits per heavy atom. The molecule has 0 radical (unpaired) electrons. The third-order valence-electron chi connectivity index (χ3n) is 1.40. The predicted molar refractivity (Wildman–Crippen MR) is 37.4 cm³/mol. The van der Waals surface area contributed by atoms with E-state index in [2.05, 4.69) is 15.3 Å². The van der Waals surface area contributed by atoms with E-state index >= 15 is 0 Å². The summed E-state index contributed by atoms with van der Waals surface area (Å²) < 4.78 is 0. The van der Waals surface area contributed by atoms with Gasteiger partial charge in [0.15, 0.2) is 0 Å². The maximum absolute atomic E-state index is 10.6. The minimum absolute atomic E-state index is 0.0370. The van der Waals surface area contributed by atoms with Gasteiger partial charge in [-0.15, -0.1) is 0 Å². The Kier molecular flexibility index (Phi) is 0.943. The molecule has 10 heavy (non-hydrogen) atoms. The molecule has 0 fully saturated rings. The van der Waals surface area contributed by atoms with Crippen LogP contribution in [0.4, 0.5) is 4.79 Å². The van der Waals surface area contributed by atoms with Crippen molar-refractivity contribution in [1.29, 1.82) is 0 Å². The normalized spacial score (nSPS) is 27.8. The number of nitrogens with zero attached hydrogens (tertiary/aromatic N) is 2. The van der Waals surface area contributed by atoms with Crippen molar-refractivity contribution >= 4 is 18.0 Å². The highest BCUT2D eigenvalue weighted by molar-refractivity contribution is 6.38. The summed E-state index contributed by atoms with van der Waals surface area (Å²) >= 11 is 0. The molecule has 4 heteroatoms. The van der Waals surface area contributed by atoms with Crippen molar-refractivity contribution in [1.82, 2.24) is 5.32 Å². The third-order valence-corrected chi connectivity index (χ3v) is 1.40. The van der Waals surface area contributed by atoms with Crippen LogP contribution in [0.1, 0.15) is 0 Å². The van der Waals surface area contributed by atoms with Crippen LogP contribution in [0.3, 0.4) is 0 Å². The second kappa shape index (κ2) is 1.76. The summed E-state index contributed by atoms with van der Waals surface area (Å²) in [5.41, 5.74) is 0.701. The van der Waals surface area contributed by atoms with E-state index in [1.54, 1.807) is 18.5 Å². The van der Waals surface area contributed by atoms with Gasteiger partial charge in [-0.05, 0) is 6.08 Å². The van der Waals surface area contributed by atoms with Gasteiger partial charge in [0.05, 0.1) is 18.0 Å². The standard InChI is InChI=1S/C6H5N3O/c10-6-8-4-1-2-7-3-5(4)9-6/h1-4H,(H,8,10). The smallest absolute Gasteiger partial charge is 0.324 e. The molecule has 0 aromatic carbocycles. The zero-order chi connectivity index (χ0) is 6.97. The molecule has 0 aliphatic carbocycles. The van der Waals surface area contributed by atoms with Crippen molar-refractivity contribution in [3.05, 3.63) is 12.3 Å². The largest absolute Gasteiger partial charge is 0.342 e. The fourth-order valence-corrected chi connectivity index (χ4v) is 0.937. The number of fused-ring (bicyclic) bond motifs is 1. The first kappa shape index (κ1) is 5.34. The Morgan fingerprint density at radius 3 is 3.30 bits per heavy atom. The molecule has 0 aromatic rings. The second-order valence-corrected chi connectivity index (χ2v) is 2.08. The molecule has 1 unspecified atom stereocenters. The summed E-state index contributed by atoms with van der Waals surface area (Å²) in [6.45, 7) is 0. The average Bonchev–Trinajstić information content (AvgIpc) is 2.27. The molecule has 2 aliphatic rings. The van der Waals surface area contributed by atoms with E-state index in [9.17, 15) is 4.79 Å². The fraction of sp³-hybridized carbons (Fsp3) is 0.167. The van der Waals surface area contributed by atoms with E-state index in [0.717, 1.165) is 0 Å². The minimum Gasteiger partial charge on any atom is -0.324 e. The van der Waals surface area contributed by atoms with Crippen LogP contribution in [0, 0.1) is 0 Å². The summed E-state index contributed by atoms with van der Waals surface area (Å²) in [6.07, 6.45) is 5.03. The number of urea groups is 1. The Labute approximate surface area is 57.4 Å². The molecular weight excluding hydrogens is 130 g/mol. The first-order chi connectivity index (χ1) is 4.86. The first-order valence-corrected chi connectivity index (χ1v) is 2.95. The van der Waals surface area contributed by atoms with E-state index in [1.807, 2.05) is 0 Å². The lowest BCUT2D eigenvalue weighted by molar-refractivity contribution is 0.251. The summed E-state index contributed by atoms with van der Waals surface area (Å²) in [5, 5.41) is 2.64. The Bertz CT molecular complexity index is 264. The summed E-state index contributed by atoms with van der Waals surface area (Å²) in [5.74, 6) is 0. The number of amides is 2. The SMILES string of the molecule is O=C1N=C2C=NC=CC2N1. The van der Waals surface area contributed by atoms with Crippen LogP contribution in [0.2, 0.25) is 0 Å². The molecule has 0 bridgehead atoms. The third kappa shape index (κ3) is 0.655. The van der Waals surface area contributed by atoms with Crippen LogP contribution >= 0.6 is 0 Å². The Balaban J connectivity index is 2.37. The van der Waals surface area contributed by atoms with Crippen LogP contribution in [-0.2, 0) is 0 Å². The number of hydrogen-bond acceptors (Lipinski definition) is 2. The summed E-state index contributed by atoms with van der Waals surface area (Å²) in [4.78, 5) is 18.1. The van der Waals surface area contributed by atoms with Crippen molar-refractivity contribution < 1.29 is 4.79 Å². The van der Waals surface area contributed by atoms with Gasteiger partial charge >= 0.3 is 6.03 Å². The van der Waals surface area contributed by atoms with E-state index in [4.69, 9.17) is 0 Å². The molecule has 2 aliphatic heterocycles. The number of hydrogen-bond donors (Lipinski definition) is 1. The average molecular weight is 135 g/mol. The molecule has 0 spiro atoms. The molecule has 0 saturated carbocycles. The molecule has 2 amide bonds. The molecule has 2 rings (SSSR count). The van der Waals surface area contributed by atoms with Crippen LogP contribution in [0.25, 0.3) is 0 Å². The van der Waals surface area contributed by atoms with E-state index in [-0.39, 0.29) is 12.1 Å². The summed E-state index contributed by atoms with van der Waals surface area (Å²) in [6, 6.07) is -0.317. The number of carbonyl (C=O) groups excluding carboxylic acids is 1. The Morgan fingerprint density at radius 2 is 2.50 bits per heavy atom. The van der Waals surface area contributed by atoms with Crippen LogP contribution in [0.15, 0.2) is 22.3 Å². The molecule has 0 saturated heterocycles. The first-order valence-electron chi connectivity index (χ1n) is 2.95. The van der Waals surface area contributed by atoms with E-state index < -0.39 is 0 Å². The summed E-state index contributed by atoms with van der Waals surface area (Å²) in [7, 11) is 0. The Hall–Kier alpha value is -1.45. The number of aliphatic imine (C=N–C) groups is 2. The van der Waals surface area contributed by atoms with Crippen molar-refractivity contribution in [2.24, 2.45) is 9.98 Å². The zero-order valence-electron chi connectivity index (χ0n) is 5.11. The molecule has 1 atom stereocenters. The van der Waals surface area contributed by atoms with E-state index in [1.165, 1.54) is 0 Å². The molecule has 2 heterocycles. The topological polar surface area (TPSA) is 53.8 Å². The van der Waals surface area contributed by atoms with Gasteiger partial charge < -0.3 is 5.32 Å². The quantitative estimate of drug-likeness (QED) is 0.503. The van der Waals surface area contributed by atoms with Gasteiger partial charge in [-0.2, -0.15) is 4.99 Å². The highest BCUT2D eigenvalue weighted by Crippen LogP contribution is 2.03. The zero-order valence-corrected chi connectivity index (χ0v) is 5.11. The highest BCUT2D eigenvalue weighted by Gasteiger charge is 2.22. The van der Waals surface area contributed by atoms with E-state index in [0.29, 0.717) is 5.71 Å². The highest BCUT2D eigenvalue weighted by atomic mass is 16.2. The van der Waals surface area contributed by atoms with Crippen molar-refractivity contribution in [2.75, 3.05) is 0 Å². The number of rotatable bonds is 0. The minimum atomic E-state index is -0.280. The van der Waals surface area contributed by atoms with Gasteiger partial charge in [0, 0.05) is 6.20 Å². The molecule has 50 valence electrons.